The topological polar surface area (TPSA) is 35.5 Å². The number of methoxy groups -OCH3 is 1. The number of ether oxygens (including phenoxy) is 1. The lowest BCUT2D eigenvalue weighted by atomic mass is 9.97. The van der Waals surface area contributed by atoms with Crippen molar-refractivity contribution >= 4 is 15.7 Å². The van der Waals surface area contributed by atoms with Crippen LogP contribution in [-0.2, 0) is 14.8 Å². The zero-order valence-electron chi connectivity index (χ0n) is 12.7. The lowest BCUT2D eigenvalue weighted by Gasteiger charge is -2.30. The van der Waals surface area contributed by atoms with Gasteiger partial charge in [0.25, 0.3) is 0 Å². The van der Waals surface area contributed by atoms with Crippen molar-refractivity contribution < 1.29 is 14.0 Å². The van der Waals surface area contributed by atoms with Crippen molar-refractivity contribution in [3.63, 3.8) is 0 Å². The molecule has 0 unspecified atom stereocenters. The van der Waals surface area contributed by atoms with Crippen molar-refractivity contribution in [2.75, 3.05) is 7.11 Å². The largest absolute Gasteiger partial charge is 0.465 e. The summed E-state index contributed by atoms with van der Waals surface area (Å²) < 4.78 is 10.8. The second-order valence-electron chi connectivity index (χ2n) is 6.43. The van der Waals surface area contributed by atoms with Crippen LogP contribution >= 0.6 is 0 Å². The van der Waals surface area contributed by atoms with Crippen molar-refractivity contribution in [3.8, 4) is 0 Å². The molecule has 0 N–H and O–H groups in total. The fourth-order valence-corrected chi connectivity index (χ4v) is 2.57. The molecule has 0 amide bonds. The van der Waals surface area contributed by atoms with Gasteiger partial charge >= 0.3 is 5.97 Å². The van der Waals surface area contributed by atoms with Crippen LogP contribution in [0.3, 0.4) is 0 Å². The van der Waals surface area contributed by atoms with Crippen molar-refractivity contribution in [2.24, 2.45) is 0 Å². The fourth-order valence-electron chi connectivity index (χ4n) is 1.61. The molecule has 1 aromatic carbocycles. The molecule has 0 bridgehead atoms. The zero-order chi connectivity index (χ0) is 14.7. The van der Waals surface area contributed by atoms with E-state index in [1.807, 2.05) is 12.1 Å². The van der Waals surface area contributed by atoms with Crippen LogP contribution in [0.4, 0.5) is 0 Å². The second kappa shape index (κ2) is 5.88. The summed E-state index contributed by atoms with van der Waals surface area (Å²) in [7, 11) is 0.767. The predicted molar refractivity (Wildman–Crippen MR) is 80.2 cm³/mol. The summed E-state index contributed by atoms with van der Waals surface area (Å²) in [5.41, 5.74) is 1.33. The third-order valence-electron chi connectivity index (χ3n) is 2.87. The van der Waals surface area contributed by atoms with Crippen LogP contribution in [0.15, 0.2) is 24.3 Å². The number of carbonyl (C=O) groups is 1. The lowest BCUT2D eigenvalue weighted by Crippen LogP contribution is -2.27. The molecule has 0 aliphatic rings. The first-order valence-corrected chi connectivity index (χ1v) is 7.77. The average Bonchev–Trinajstić information content (AvgIpc) is 2.35. The van der Waals surface area contributed by atoms with E-state index in [1.54, 1.807) is 12.1 Å². The summed E-state index contributed by atoms with van der Waals surface area (Å²) in [5.74, 6) is -0.311. The first-order valence-electron chi connectivity index (χ1n) is 6.48. The number of rotatable bonds is 4. The molecule has 0 fully saturated rings. The minimum absolute atomic E-state index is 0.267. The highest BCUT2D eigenvalue weighted by Gasteiger charge is 2.24. The van der Waals surface area contributed by atoms with E-state index in [4.69, 9.17) is 9.16 Å². The van der Waals surface area contributed by atoms with E-state index in [1.165, 1.54) is 7.11 Å². The first-order chi connectivity index (χ1) is 8.65. The van der Waals surface area contributed by atoms with Gasteiger partial charge < -0.3 is 9.16 Å². The van der Waals surface area contributed by atoms with Crippen LogP contribution < -0.4 is 0 Å². The quantitative estimate of drug-likeness (QED) is 0.628. The highest BCUT2D eigenvalue weighted by molar-refractivity contribution is 6.31. The highest BCUT2D eigenvalue weighted by atomic mass is 28.2. The fraction of sp³-hybridized carbons (Fsp3) is 0.533. The standard InChI is InChI=1S/C15H24O3Si/c1-14(2,3)19-18-15(4,5)12-9-7-11(8-10-12)13(16)17-6/h7-10H,19H2,1-6H3. The minimum atomic E-state index is -0.620. The van der Waals surface area contributed by atoms with Crippen molar-refractivity contribution in [3.05, 3.63) is 35.4 Å². The molecule has 1 rings (SSSR count). The molecule has 4 heteroatoms. The van der Waals surface area contributed by atoms with Gasteiger partial charge in [-0.1, -0.05) is 32.9 Å². The van der Waals surface area contributed by atoms with E-state index >= 15 is 0 Å². The van der Waals surface area contributed by atoms with Gasteiger partial charge in [-0.15, -0.1) is 0 Å². The van der Waals surface area contributed by atoms with Crippen molar-refractivity contribution in [1.29, 1.82) is 0 Å². The van der Waals surface area contributed by atoms with E-state index in [-0.39, 0.29) is 16.6 Å². The zero-order valence-corrected chi connectivity index (χ0v) is 14.2. The van der Waals surface area contributed by atoms with E-state index < -0.39 is 9.76 Å². The maximum absolute atomic E-state index is 11.4. The summed E-state index contributed by atoms with van der Waals surface area (Å²) in [5, 5.41) is 0.267. The Bertz CT molecular complexity index is 430. The van der Waals surface area contributed by atoms with Gasteiger partial charge in [0.05, 0.1) is 18.3 Å². The molecule has 0 saturated carbocycles. The summed E-state index contributed by atoms with van der Waals surface area (Å²) in [4.78, 5) is 11.4. The molecule has 0 aromatic heterocycles. The molecule has 106 valence electrons. The molecule has 1 aromatic rings. The Hall–Kier alpha value is -1.13. The number of hydrogen-bond donors (Lipinski definition) is 0. The van der Waals surface area contributed by atoms with Crippen LogP contribution in [0, 0.1) is 0 Å². The maximum Gasteiger partial charge on any atom is 0.337 e. The third-order valence-corrected chi connectivity index (χ3v) is 4.60. The number of benzene rings is 1. The van der Waals surface area contributed by atoms with Crippen LogP contribution in [0.1, 0.15) is 50.5 Å². The molecule has 0 saturated heterocycles. The molecular formula is C15H24O3Si. The Morgan fingerprint density at radius 1 is 1.05 bits per heavy atom. The van der Waals surface area contributed by atoms with E-state index in [9.17, 15) is 4.79 Å². The molecule has 0 heterocycles. The summed E-state index contributed by atoms with van der Waals surface area (Å²) in [6.07, 6.45) is 0. The lowest BCUT2D eigenvalue weighted by molar-refractivity contribution is 0.0600. The summed E-state index contributed by atoms with van der Waals surface area (Å²) >= 11 is 0. The second-order valence-corrected chi connectivity index (χ2v) is 9.13. The van der Waals surface area contributed by atoms with Gasteiger partial charge in [-0.3, -0.25) is 0 Å². The number of hydrogen-bond acceptors (Lipinski definition) is 3. The van der Waals surface area contributed by atoms with Crippen molar-refractivity contribution in [2.45, 2.75) is 45.3 Å². The van der Waals surface area contributed by atoms with Crippen LogP contribution in [0.5, 0.6) is 0 Å². The molecule has 0 spiro atoms. The average molecular weight is 280 g/mol. The normalized spacial score (nSPS) is 12.9. The molecule has 0 aliphatic heterocycles. The van der Waals surface area contributed by atoms with Crippen molar-refractivity contribution in [1.82, 2.24) is 0 Å². The highest BCUT2D eigenvalue weighted by Crippen LogP contribution is 2.29. The van der Waals surface area contributed by atoms with Gasteiger partial charge in [0.1, 0.15) is 0 Å². The molecule has 3 nitrogen and oxygen atoms in total. The van der Waals surface area contributed by atoms with E-state index in [2.05, 4.69) is 34.6 Å². The Kier molecular flexibility index (Phi) is 4.93. The minimum Gasteiger partial charge on any atom is -0.465 e. The van der Waals surface area contributed by atoms with Gasteiger partial charge in [0.15, 0.2) is 9.76 Å². The van der Waals surface area contributed by atoms with Crippen LogP contribution in [-0.4, -0.2) is 22.8 Å². The smallest absolute Gasteiger partial charge is 0.337 e. The SMILES string of the molecule is COC(=O)c1ccc(C(C)(C)O[SiH2]C(C)(C)C)cc1. The molecule has 0 atom stereocenters. The van der Waals surface area contributed by atoms with Gasteiger partial charge in [-0.2, -0.15) is 0 Å². The summed E-state index contributed by atoms with van der Waals surface area (Å²) in [6.45, 7) is 10.7. The number of carbonyl (C=O) groups excluding carboxylic acids is 1. The maximum atomic E-state index is 11.4. The molecule has 0 radical (unpaired) electrons. The van der Waals surface area contributed by atoms with E-state index in [0.29, 0.717) is 5.56 Å². The van der Waals surface area contributed by atoms with Crippen LogP contribution in [0.2, 0.25) is 5.04 Å². The molecule has 19 heavy (non-hydrogen) atoms. The molecule has 0 aliphatic carbocycles. The Morgan fingerprint density at radius 2 is 1.58 bits per heavy atom. The number of esters is 1. The monoisotopic (exact) mass is 280 g/mol. The third kappa shape index (κ3) is 4.80. The van der Waals surface area contributed by atoms with E-state index in [0.717, 1.165) is 5.56 Å². The van der Waals surface area contributed by atoms with Crippen LogP contribution in [0.25, 0.3) is 0 Å². The first kappa shape index (κ1) is 15.9. The van der Waals surface area contributed by atoms with Gasteiger partial charge in [-0.25, -0.2) is 4.79 Å². The Balaban J connectivity index is 2.81. The predicted octanol–water partition coefficient (Wildman–Crippen LogP) is 3.03. The molecular weight excluding hydrogens is 256 g/mol. The van der Waals surface area contributed by atoms with Gasteiger partial charge in [0.2, 0.25) is 0 Å². The Labute approximate surface area is 118 Å². The summed E-state index contributed by atoms with van der Waals surface area (Å²) in [6, 6.07) is 7.43. The van der Waals surface area contributed by atoms with Gasteiger partial charge in [0, 0.05) is 0 Å². The van der Waals surface area contributed by atoms with Gasteiger partial charge in [-0.05, 0) is 36.6 Å². The Morgan fingerprint density at radius 3 is 2.00 bits per heavy atom.